The van der Waals surface area contributed by atoms with Crippen molar-refractivity contribution in [3.8, 4) is 0 Å². The predicted octanol–water partition coefficient (Wildman–Crippen LogP) is 2.29. The van der Waals surface area contributed by atoms with E-state index in [1.54, 1.807) is 0 Å². The lowest BCUT2D eigenvalue weighted by atomic mass is 10.4. The number of carbonyl (C=O) groups is 1. The number of carbonyl (C=O) groups excluding carboxylic acids is 1. The van der Waals surface area contributed by atoms with Crippen LogP contribution in [0.25, 0.3) is 0 Å². The molecule has 0 amide bonds. The Hall–Kier alpha value is -0.880. The lowest BCUT2D eigenvalue weighted by Crippen LogP contribution is -2.06. The first-order valence-electron chi connectivity index (χ1n) is 4.25. The minimum absolute atomic E-state index is 0.197. The molecule has 3 heteroatoms. The largest absolute Gasteiger partial charge is 0.440 e. The zero-order valence-corrected chi connectivity index (χ0v) is 8.75. The van der Waals surface area contributed by atoms with Gasteiger partial charge in [-0.15, -0.1) is 0 Å². The van der Waals surface area contributed by atoms with Crippen molar-refractivity contribution in [1.29, 1.82) is 0 Å². The minimum atomic E-state index is -0.743. The summed E-state index contributed by atoms with van der Waals surface area (Å²) in [7, 11) is -0.743. The van der Waals surface area contributed by atoms with E-state index in [4.69, 9.17) is 4.52 Å². The van der Waals surface area contributed by atoms with Gasteiger partial charge in [0.2, 0.25) is 0 Å². The first-order chi connectivity index (χ1) is 6.24. The summed E-state index contributed by atoms with van der Waals surface area (Å²) >= 11 is 0. The Morgan fingerprint density at radius 3 is 2.46 bits per heavy atom. The third-order valence-electron chi connectivity index (χ3n) is 1.57. The first-order valence-corrected chi connectivity index (χ1v) is 5.69. The lowest BCUT2D eigenvalue weighted by molar-refractivity contribution is -0.131. The van der Waals surface area contributed by atoms with Crippen molar-refractivity contribution in [2.24, 2.45) is 0 Å². The summed E-state index contributed by atoms with van der Waals surface area (Å²) in [4.78, 5) is 10.8. The Labute approximate surface area is 79.8 Å². The third-order valence-corrected chi connectivity index (χ3v) is 3.50. The van der Waals surface area contributed by atoms with Crippen LogP contribution in [0.4, 0.5) is 0 Å². The van der Waals surface area contributed by atoms with Gasteiger partial charge in [0.15, 0.2) is 0 Å². The first kappa shape index (κ1) is 10.2. The van der Waals surface area contributed by atoms with E-state index in [0.29, 0.717) is 0 Å². The molecular formula is C10H13O2P. The van der Waals surface area contributed by atoms with Crippen molar-refractivity contribution >= 4 is 19.4 Å². The Morgan fingerprint density at radius 1 is 1.38 bits per heavy atom. The fourth-order valence-corrected chi connectivity index (χ4v) is 2.46. The summed E-state index contributed by atoms with van der Waals surface area (Å²) in [5, 5.41) is 1.12. The third kappa shape index (κ3) is 3.16. The van der Waals surface area contributed by atoms with Crippen LogP contribution in [0, 0.1) is 0 Å². The van der Waals surface area contributed by atoms with Crippen molar-refractivity contribution in [3.05, 3.63) is 30.3 Å². The molecule has 0 spiro atoms. The average Bonchev–Trinajstić information content (AvgIpc) is 2.15. The maximum absolute atomic E-state index is 10.8. The molecule has 0 aromatic heterocycles. The van der Waals surface area contributed by atoms with E-state index < -0.39 is 8.15 Å². The van der Waals surface area contributed by atoms with E-state index >= 15 is 0 Å². The van der Waals surface area contributed by atoms with Crippen molar-refractivity contribution < 1.29 is 9.32 Å². The van der Waals surface area contributed by atoms with Crippen LogP contribution in [0.3, 0.4) is 0 Å². The van der Waals surface area contributed by atoms with Gasteiger partial charge in [-0.05, 0) is 0 Å². The highest BCUT2D eigenvalue weighted by molar-refractivity contribution is 7.61. The summed E-state index contributed by atoms with van der Waals surface area (Å²) in [6, 6.07) is 9.88. The summed E-state index contributed by atoms with van der Waals surface area (Å²) in [5.74, 6) is -0.197. The van der Waals surface area contributed by atoms with E-state index in [1.165, 1.54) is 6.92 Å². The van der Waals surface area contributed by atoms with Gasteiger partial charge in [0.1, 0.15) is 8.15 Å². The van der Waals surface area contributed by atoms with E-state index in [-0.39, 0.29) is 5.97 Å². The predicted molar refractivity (Wildman–Crippen MR) is 55.3 cm³/mol. The van der Waals surface area contributed by atoms with Gasteiger partial charge >= 0.3 is 5.97 Å². The molecule has 0 heterocycles. The molecular weight excluding hydrogens is 183 g/mol. The molecule has 1 unspecified atom stereocenters. The van der Waals surface area contributed by atoms with Gasteiger partial charge in [-0.25, -0.2) is 0 Å². The lowest BCUT2D eigenvalue weighted by Gasteiger charge is -2.13. The van der Waals surface area contributed by atoms with E-state index in [9.17, 15) is 4.79 Å². The molecule has 70 valence electrons. The fraction of sp³-hybridized carbons (Fsp3) is 0.300. The van der Waals surface area contributed by atoms with Gasteiger partial charge < -0.3 is 4.52 Å². The molecule has 1 atom stereocenters. The Kier molecular flexibility index (Phi) is 3.91. The molecule has 0 saturated carbocycles. The molecule has 1 aromatic carbocycles. The van der Waals surface area contributed by atoms with E-state index in [2.05, 4.69) is 0 Å². The van der Waals surface area contributed by atoms with E-state index in [0.717, 1.165) is 11.5 Å². The molecule has 1 aromatic rings. The number of hydrogen-bond acceptors (Lipinski definition) is 2. The molecule has 1 rings (SSSR count). The van der Waals surface area contributed by atoms with Gasteiger partial charge in [-0.2, -0.15) is 0 Å². The van der Waals surface area contributed by atoms with Gasteiger partial charge in [0.25, 0.3) is 0 Å². The summed E-state index contributed by atoms with van der Waals surface area (Å²) < 4.78 is 5.21. The van der Waals surface area contributed by atoms with Crippen molar-refractivity contribution in [2.45, 2.75) is 13.8 Å². The summed E-state index contributed by atoms with van der Waals surface area (Å²) in [6.07, 6.45) is 0.874. The van der Waals surface area contributed by atoms with Gasteiger partial charge in [-0.3, -0.25) is 4.79 Å². The number of benzene rings is 1. The molecule has 0 bridgehead atoms. The maximum Gasteiger partial charge on any atom is 0.305 e. The van der Waals surface area contributed by atoms with Crippen LogP contribution in [-0.4, -0.2) is 12.1 Å². The van der Waals surface area contributed by atoms with Gasteiger partial charge in [0, 0.05) is 18.4 Å². The summed E-state index contributed by atoms with van der Waals surface area (Å²) in [6.45, 7) is 3.48. The second-order valence-electron chi connectivity index (χ2n) is 2.61. The Balaban J connectivity index is 2.73. The molecule has 0 radical (unpaired) electrons. The number of rotatable bonds is 3. The average molecular weight is 196 g/mol. The monoisotopic (exact) mass is 196 g/mol. The van der Waals surface area contributed by atoms with Gasteiger partial charge in [0.05, 0.1) is 0 Å². The van der Waals surface area contributed by atoms with Gasteiger partial charge in [-0.1, -0.05) is 37.3 Å². The zero-order valence-electron chi connectivity index (χ0n) is 7.86. The molecule has 0 aliphatic heterocycles. The van der Waals surface area contributed by atoms with Crippen LogP contribution < -0.4 is 5.30 Å². The fourth-order valence-electron chi connectivity index (χ4n) is 1.05. The highest BCUT2D eigenvalue weighted by Gasteiger charge is 2.11. The smallest absolute Gasteiger partial charge is 0.305 e. The number of hydrogen-bond donors (Lipinski definition) is 0. The Morgan fingerprint density at radius 2 is 2.00 bits per heavy atom. The van der Waals surface area contributed by atoms with Crippen LogP contribution in [-0.2, 0) is 9.32 Å². The van der Waals surface area contributed by atoms with Crippen molar-refractivity contribution in [2.75, 3.05) is 6.16 Å². The molecule has 13 heavy (non-hydrogen) atoms. The zero-order chi connectivity index (χ0) is 9.68. The standard InChI is InChI=1S/C10H13O2P/c1-3-13(12-9(2)11)10-7-5-4-6-8-10/h4-8H,3H2,1-2H3. The molecule has 0 fully saturated rings. The normalized spacial score (nSPS) is 12.2. The second kappa shape index (κ2) is 4.98. The van der Waals surface area contributed by atoms with Crippen LogP contribution in [0.2, 0.25) is 0 Å². The van der Waals surface area contributed by atoms with Crippen LogP contribution >= 0.6 is 8.15 Å². The highest BCUT2D eigenvalue weighted by Crippen LogP contribution is 2.34. The SMILES string of the molecule is CCP(OC(C)=O)c1ccccc1. The molecule has 2 nitrogen and oxygen atoms in total. The van der Waals surface area contributed by atoms with Crippen LogP contribution in [0.5, 0.6) is 0 Å². The topological polar surface area (TPSA) is 26.3 Å². The molecule has 0 saturated heterocycles. The highest BCUT2D eigenvalue weighted by atomic mass is 31.1. The Bertz CT molecular complexity index is 272. The minimum Gasteiger partial charge on any atom is -0.440 e. The molecule has 0 aliphatic rings. The van der Waals surface area contributed by atoms with Crippen LogP contribution in [0.1, 0.15) is 13.8 Å². The quantitative estimate of drug-likeness (QED) is 0.693. The van der Waals surface area contributed by atoms with Crippen LogP contribution in [0.15, 0.2) is 30.3 Å². The maximum atomic E-state index is 10.8. The van der Waals surface area contributed by atoms with Crippen molar-refractivity contribution in [3.63, 3.8) is 0 Å². The molecule has 0 aliphatic carbocycles. The second-order valence-corrected chi connectivity index (χ2v) is 4.70. The summed E-state index contributed by atoms with van der Waals surface area (Å²) in [5.41, 5.74) is 0. The van der Waals surface area contributed by atoms with Crippen molar-refractivity contribution in [1.82, 2.24) is 0 Å². The van der Waals surface area contributed by atoms with E-state index in [1.807, 2.05) is 37.3 Å². The molecule has 0 N–H and O–H groups in total.